The molecule has 0 aliphatic carbocycles. The molecule has 5 heteroatoms. The third-order valence-corrected chi connectivity index (χ3v) is 4.39. The summed E-state index contributed by atoms with van der Waals surface area (Å²) in [6.45, 7) is 7.47. The molecular formula is C17H25BrN2O2. The number of nitrogens with one attached hydrogen (secondary N) is 1. The summed E-state index contributed by atoms with van der Waals surface area (Å²) < 4.78 is 6.38. The summed E-state index contributed by atoms with van der Waals surface area (Å²) in [5.41, 5.74) is 1.95. The second-order valence-corrected chi connectivity index (χ2v) is 6.82. The van der Waals surface area contributed by atoms with Gasteiger partial charge in [-0.1, -0.05) is 42.6 Å². The number of morpholine rings is 1. The molecule has 1 unspecified atom stereocenters. The van der Waals surface area contributed by atoms with E-state index in [4.69, 9.17) is 4.74 Å². The first-order valence-electron chi connectivity index (χ1n) is 8.02. The van der Waals surface area contributed by atoms with Gasteiger partial charge in [0.15, 0.2) is 0 Å². The van der Waals surface area contributed by atoms with E-state index in [2.05, 4.69) is 46.1 Å². The molecule has 122 valence electrons. The van der Waals surface area contributed by atoms with E-state index in [1.54, 1.807) is 0 Å². The van der Waals surface area contributed by atoms with Crippen LogP contribution in [0.1, 0.15) is 33.1 Å². The number of anilines is 2. The van der Waals surface area contributed by atoms with Gasteiger partial charge in [-0.25, -0.2) is 0 Å². The molecule has 0 radical (unpaired) electrons. The third kappa shape index (κ3) is 4.99. The number of benzene rings is 1. The van der Waals surface area contributed by atoms with E-state index < -0.39 is 0 Å². The molecule has 1 aromatic rings. The fraction of sp³-hybridized carbons (Fsp3) is 0.588. The summed E-state index contributed by atoms with van der Waals surface area (Å²) in [5, 5.41) is 3.09. The van der Waals surface area contributed by atoms with Gasteiger partial charge < -0.3 is 15.0 Å². The van der Waals surface area contributed by atoms with Gasteiger partial charge in [-0.3, -0.25) is 4.79 Å². The van der Waals surface area contributed by atoms with Crippen LogP contribution in [0.15, 0.2) is 22.7 Å². The standard InChI is InChI=1S/C17H25BrN2O2/c1-3-4-13(2)11-17(21)19-15-12-14(18)5-6-16(15)20-7-9-22-10-8-20/h5-6,12-13H,3-4,7-11H2,1-2H3,(H,19,21). The van der Waals surface area contributed by atoms with Crippen molar-refractivity contribution in [3.63, 3.8) is 0 Å². The minimum absolute atomic E-state index is 0.0913. The lowest BCUT2D eigenvalue weighted by Crippen LogP contribution is -2.36. The lowest BCUT2D eigenvalue weighted by atomic mass is 10.0. The lowest BCUT2D eigenvalue weighted by molar-refractivity contribution is -0.117. The Morgan fingerprint density at radius 2 is 2.14 bits per heavy atom. The van der Waals surface area contributed by atoms with Crippen molar-refractivity contribution in [3.05, 3.63) is 22.7 Å². The van der Waals surface area contributed by atoms with E-state index in [0.29, 0.717) is 12.3 Å². The number of nitrogens with zero attached hydrogens (tertiary/aromatic N) is 1. The summed E-state index contributed by atoms with van der Waals surface area (Å²) in [5.74, 6) is 0.512. The second kappa shape index (κ2) is 8.53. The minimum atomic E-state index is 0.0913. The predicted molar refractivity (Wildman–Crippen MR) is 94.5 cm³/mol. The number of carbonyl (C=O) groups is 1. The van der Waals surface area contributed by atoms with Gasteiger partial charge in [0.2, 0.25) is 5.91 Å². The first-order chi connectivity index (χ1) is 10.6. The Morgan fingerprint density at radius 3 is 2.82 bits per heavy atom. The van der Waals surface area contributed by atoms with Crippen molar-refractivity contribution in [1.29, 1.82) is 0 Å². The number of hydrogen-bond donors (Lipinski definition) is 1. The van der Waals surface area contributed by atoms with Gasteiger partial charge in [0.1, 0.15) is 0 Å². The molecule has 1 amide bonds. The fourth-order valence-electron chi connectivity index (χ4n) is 2.80. The zero-order chi connectivity index (χ0) is 15.9. The molecule has 1 aliphatic heterocycles. The summed E-state index contributed by atoms with van der Waals surface area (Å²) >= 11 is 3.49. The number of rotatable bonds is 6. The molecule has 1 fully saturated rings. The van der Waals surface area contributed by atoms with Crippen LogP contribution in [0.5, 0.6) is 0 Å². The Kier molecular flexibility index (Phi) is 6.70. The smallest absolute Gasteiger partial charge is 0.224 e. The molecule has 22 heavy (non-hydrogen) atoms. The highest BCUT2D eigenvalue weighted by atomic mass is 79.9. The molecule has 0 bridgehead atoms. The zero-order valence-corrected chi connectivity index (χ0v) is 15.0. The van der Waals surface area contributed by atoms with Crippen molar-refractivity contribution >= 4 is 33.2 Å². The van der Waals surface area contributed by atoms with Crippen molar-refractivity contribution < 1.29 is 9.53 Å². The average molecular weight is 369 g/mol. The molecule has 0 aromatic heterocycles. The van der Waals surface area contributed by atoms with E-state index in [-0.39, 0.29) is 5.91 Å². The van der Waals surface area contributed by atoms with Crippen molar-refractivity contribution in [3.8, 4) is 0 Å². The van der Waals surface area contributed by atoms with Crippen LogP contribution < -0.4 is 10.2 Å². The molecule has 1 aromatic carbocycles. The highest BCUT2D eigenvalue weighted by Crippen LogP contribution is 2.30. The topological polar surface area (TPSA) is 41.6 Å². The van der Waals surface area contributed by atoms with Crippen molar-refractivity contribution in [2.45, 2.75) is 33.1 Å². The Morgan fingerprint density at radius 1 is 1.41 bits per heavy atom. The summed E-state index contributed by atoms with van der Waals surface area (Å²) in [7, 11) is 0. The molecule has 1 atom stereocenters. The molecule has 0 saturated carbocycles. The Bertz CT molecular complexity index is 501. The molecule has 2 rings (SSSR count). The number of halogens is 1. The Hall–Kier alpha value is -1.07. The van der Waals surface area contributed by atoms with Crippen LogP contribution in [0.25, 0.3) is 0 Å². The van der Waals surface area contributed by atoms with E-state index in [1.165, 1.54) is 0 Å². The maximum atomic E-state index is 12.3. The molecule has 1 heterocycles. The minimum Gasteiger partial charge on any atom is -0.378 e. The van der Waals surface area contributed by atoms with Gasteiger partial charge in [-0.15, -0.1) is 0 Å². The first-order valence-corrected chi connectivity index (χ1v) is 8.81. The molecule has 1 saturated heterocycles. The number of carbonyl (C=O) groups excluding carboxylic acids is 1. The number of hydrogen-bond acceptors (Lipinski definition) is 3. The summed E-state index contributed by atoms with van der Waals surface area (Å²) in [4.78, 5) is 14.5. The predicted octanol–water partition coefficient (Wildman–Crippen LogP) is 4.05. The highest BCUT2D eigenvalue weighted by molar-refractivity contribution is 9.10. The van der Waals surface area contributed by atoms with Crippen LogP contribution in [0.3, 0.4) is 0 Å². The molecule has 1 aliphatic rings. The van der Waals surface area contributed by atoms with Crippen LogP contribution >= 0.6 is 15.9 Å². The van der Waals surface area contributed by atoms with Gasteiger partial charge in [0.05, 0.1) is 24.6 Å². The summed E-state index contributed by atoms with van der Waals surface area (Å²) in [6.07, 6.45) is 2.77. The van der Waals surface area contributed by atoms with Crippen LogP contribution in [0, 0.1) is 5.92 Å². The SMILES string of the molecule is CCCC(C)CC(=O)Nc1cc(Br)ccc1N1CCOCC1. The number of ether oxygens (including phenoxy) is 1. The van der Waals surface area contributed by atoms with Crippen LogP contribution in [0.2, 0.25) is 0 Å². The van der Waals surface area contributed by atoms with Gasteiger partial charge in [0.25, 0.3) is 0 Å². The van der Waals surface area contributed by atoms with Gasteiger partial charge >= 0.3 is 0 Å². The van der Waals surface area contributed by atoms with E-state index in [1.807, 2.05) is 12.1 Å². The monoisotopic (exact) mass is 368 g/mol. The zero-order valence-electron chi connectivity index (χ0n) is 13.4. The highest BCUT2D eigenvalue weighted by Gasteiger charge is 2.17. The molecule has 0 spiro atoms. The Labute approximate surface area is 141 Å². The Balaban J connectivity index is 2.08. The van der Waals surface area contributed by atoms with Crippen molar-refractivity contribution in [2.75, 3.05) is 36.5 Å². The second-order valence-electron chi connectivity index (χ2n) is 5.91. The maximum Gasteiger partial charge on any atom is 0.224 e. The summed E-state index contributed by atoms with van der Waals surface area (Å²) in [6, 6.07) is 6.05. The van der Waals surface area contributed by atoms with Crippen molar-refractivity contribution in [2.24, 2.45) is 5.92 Å². The number of amides is 1. The van der Waals surface area contributed by atoms with E-state index >= 15 is 0 Å². The molecule has 4 nitrogen and oxygen atoms in total. The molecular weight excluding hydrogens is 344 g/mol. The normalized spacial score (nSPS) is 16.4. The van der Waals surface area contributed by atoms with Crippen molar-refractivity contribution in [1.82, 2.24) is 0 Å². The van der Waals surface area contributed by atoms with E-state index in [9.17, 15) is 4.79 Å². The van der Waals surface area contributed by atoms with Gasteiger partial charge in [-0.2, -0.15) is 0 Å². The fourth-order valence-corrected chi connectivity index (χ4v) is 3.16. The van der Waals surface area contributed by atoms with E-state index in [0.717, 1.165) is 55.0 Å². The third-order valence-electron chi connectivity index (χ3n) is 3.90. The first kappa shape index (κ1) is 17.3. The van der Waals surface area contributed by atoms with Crippen LogP contribution in [-0.4, -0.2) is 32.2 Å². The largest absolute Gasteiger partial charge is 0.378 e. The quantitative estimate of drug-likeness (QED) is 0.823. The molecule has 1 N–H and O–H groups in total. The van der Waals surface area contributed by atoms with Crippen LogP contribution in [-0.2, 0) is 9.53 Å². The maximum absolute atomic E-state index is 12.3. The lowest BCUT2D eigenvalue weighted by Gasteiger charge is -2.30. The van der Waals surface area contributed by atoms with Gasteiger partial charge in [0, 0.05) is 24.0 Å². The van der Waals surface area contributed by atoms with Crippen LogP contribution in [0.4, 0.5) is 11.4 Å². The van der Waals surface area contributed by atoms with Gasteiger partial charge in [-0.05, 0) is 24.1 Å². The average Bonchev–Trinajstić information content (AvgIpc) is 2.48.